The Balaban J connectivity index is 2.21. The molecule has 1 atom stereocenters. The first-order valence-electron chi connectivity index (χ1n) is 7.28. The lowest BCUT2D eigenvalue weighted by Gasteiger charge is -2.47. The van der Waals surface area contributed by atoms with Crippen LogP contribution in [0.3, 0.4) is 0 Å². The van der Waals surface area contributed by atoms with Crippen molar-refractivity contribution in [2.45, 2.75) is 59.5 Å². The van der Waals surface area contributed by atoms with E-state index in [1.165, 1.54) is 5.57 Å². The summed E-state index contributed by atoms with van der Waals surface area (Å²) >= 11 is 0. The van der Waals surface area contributed by atoms with Crippen LogP contribution >= 0.6 is 0 Å². The van der Waals surface area contributed by atoms with E-state index < -0.39 is 0 Å². The van der Waals surface area contributed by atoms with Crippen molar-refractivity contribution < 1.29 is 9.15 Å². The Morgan fingerprint density at radius 1 is 1.20 bits per heavy atom. The van der Waals surface area contributed by atoms with E-state index >= 15 is 0 Å². The minimum absolute atomic E-state index is 0.0115. The fraction of sp³-hybridized carbons (Fsp3) is 0.588. The first-order valence-corrected chi connectivity index (χ1v) is 7.28. The average molecular weight is 274 g/mol. The van der Waals surface area contributed by atoms with Gasteiger partial charge < -0.3 is 9.15 Å². The largest absolute Gasteiger partial charge is 0.481 e. The Hall–Kier alpha value is -1.51. The number of allylic oxidation sites excluding steroid dienone is 1. The third-order valence-corrected chi connectivity index (χ3v) is 5.29. The average Bonchev–Trinajstić information content (AvgIpc) is 2.77. The van der Waals surface area contributed by atoms with Gasteiger partial charge in [-0.25, -0.2) is 4.79 Å². The molecular formula is C17H22O3. The van der Waals surface area contributed by atoms with Crippen LogP contribution in [0.2, 0.25) is 0 Å². The lowest BCUT2D eigenvalue weighted by molar-refractivity contribution is -0.00434. The summed E-state index contributed by atoms with van der Waals surface area (Å²) in [7, 11) is 0. The van der Waals surface area contributed by atoms with Gasteiger partial charge in [0.15, 0.2) is 0 Å². The highest BCUT2D eigenvalue weighted by Crippen LogP contribution is 2.53. The Morgan fingerprint density at radius 3 is 2.55 bits per heavy atom. The van der Waals surface area contributed by atoms with Gasteiger partial charge in [0.25, 0.3) is 0 Å². The molecule has 0 radical (unpaired) electrons. The van der Waals surface area contributed by atoms with Crippen molar-refractivity contribution in [3.63, 3.8) is 0 Å². The number of fused-ring (bicyclic) bond motifs is 1. The third-order valence-electron chi connectivity index (χ3n) is 5.29. The monoisotopic (exact) mass is 274 g/mol. The number of hydrogen-bond acceptors (Lipinski definition) is 3. The molecule has 1 aliphatic heterocycles. The molecule has 3 rings (SSSR count). The topological polar surface area (TPSA) is 39.4 Å². The summed E-state index contributed by atoms with van der Waals surface area (Å²) in [6, 6.07) is 0. The van der Waals surface area contributed by atoms with E-state index in [1.807, 2.05) is 13.8 Å². The quantitative estimate of drug-likeness (QED) is 0.677. The molecule has 0 N–H and O–H groups in total. The molecule has 1 aromatic heterocycles. The van der Waals surface area contributed by atoms with E-state index in [1.54, 1.807) is 0 Å². The lowest BCUT2D eigenvalue weighted by Crippen LogP contribution is -2.51. The molecule has 20 heavy (non-hydrogen) atoms. The Bertz CT molecular complexity index is 664. The van der Waals surface area contributed by atoms with Crippen molar-refractivity contribution in [2.75, 3.05) is 0 Å². The predicted molar refractivity (Wildman–Crippen MR) is 78.3 cm³/mol. The predicted octanol–water partition coefficient (Wildman–Crippen LogP) is 3.70. The maximum Gasteiger partial charge on any atom is 0.343 e. The highest BCUT2D eigenvalue weighted by atomic mass is 16.5. The van der Waals surface area contributed by atoms with E-state index in [0.29, 0.717) is 17.7 Å². The van der Waals surface area contributed by atoms with Crippen molar-refractivity contribution in [3.05, 3.63) is 39.0 Å². The van der Waals surface area contributed by atoms with E-state index in [-0.39, 0.29) is 16.6 Å². The molecule has 0 unspecified atom stereocenters. The molecule has 108 valence electrons. The van der Waals surface area contributed by atoms with Gasteiger partial charge in [-0.1, -0.05) is 19.9 Å². The molecule has 3 nitrogen and oxygen atoms in total. The van der Waals surface area contributed by atoms with Gasteiger partial charge in [-0.2, -0.15) is 0 Å². The van der Waals surface area contributed by atoms with Gasteiger partial charge in [-0.15, -0.1) is 0 Å². The zero-order valence-electron chi connectivity index (χ0n) is 12.9. The molecule has 1 aliphatic carbocycles. The second kappa shape index (κ2) is 4.00. The van der Waals surface area contributed by atoms with E-state index in [2.05, 4.69) is 26.8 Å². The van der Waals surface area contributed by atoms with Crippen LogP contribution in [-0.2, 0) is 6.42 Å². The summed E-state index contributed by atoms with van der Waals surface area (Å²) in [6.07, 6.45) is 5.02. The Morgan fingerprint density at radius 2 is 1.90 bits per heavy atom. The summed E-state index contributed by atoms with van der Waals surface area (Å²) in [5.74, 6) is 1.41. The first-order chi connectivity index (χ1) is 9.28. The Labute approximate surface area is 119 Å². The molecule has 0 amide bonds. The van der Waals surface area contributed by atoms with Crippen LogP contribution in [0.5, 0.6) is 5.75 Å². The van der Waals surface area contributed by atoms with Crippen molar-refractivity contribution in [1.82, 2.24) is 0 Å². The van der Waals surface area contributed by atoms with E-state index in [9.17, 15) is 4.79 Å². The molecule has 0 fully saturated rings. The lowest BCUT2D eigenvalue weighted by atomic mass is 9.63. The van der Waals surface area contributed by atoms with Crippen LogP contribution in [0.25, 0.3) is 0 Å². The van der Waals surface area contributed by atoms with Gasteiger partial charge in [-0.05, 0) is 39.2 Å². The van der Waals surface area contributed by atoms with Crippen molar-refractivity contribution in [3.8, 4) is 5.75 Å². The van der Waals surface area contributed by atoms with Crippen molar-refractivity contribution in [1.29, 1.82) is 0 Å². The molecule has 0 saturated heterocycles. The zero-order chi connectivity index (χ0) is 14.7. The van der Waals surface area contributed by atoms with Crippen molar-refractivity contribution in [2.24, 2.45) is 5.41 Å². The summed E-state index contributed by atoms with van der Waals surface area (Å²) in [6.45, 7) is 10.4. The summed E-state index contributed by atoms with van der Waals surface area (Å²) in [5, 5.41) is 0. The van der Waals surface area contributed by atoms with Crippen LogP contribution in [0.4, 0.5) is 0 Å². The summed E-state index contributed by atoms with van der Waals surface area (Å²) < 4.78 is 11.8. The number of rotatable bonds is 0. The molecule has 0 saturated carbocycles. The second-order valence-electron chi connectivity index (χ2n) is 6.79. The van der Waals surface area contributed by atoms with Gasteiger partial charge in [-0.3, -0.25) is 0 Å². The zero-order valence-corrected chi connectivity index (χ0v) is 12.9. The van der Waals surface area contributed by atoms with Gasteiger partial charge in [0.2, 0.25) is 0 Å². The highest BCUT2D eigenvalue weighted by molar-refractivity contribution is 5.48. The van der Waals surface area contributed by atoms with Crippen LogP contribution in [0.15, 0.2) is 20.9 Å². The fourth-order valence-electron chi connectivity index (χ4n) is 3.65. The molecule has 3 heteroatoms. The van der Waals surface area contributed by atoms with Gasteiger partial charge in [0, 0.05) is 17.4 Å². The summed E-state index contributed by atoms with van der Waals surface area (Å²) in [5.41, 5.74) is 2.27. The van der Waals surface area contributed by atoms with Gasteiger partial charge in [0.1, 0.15) is 17.1 Å². The maximum absolute atomic E-state index is 12.2. The highest BCUT2D eigenvalue weighted by Gasteiger charge is 2.54. The molecule has 2 heterocycles. The van der Waals surface area contributed by atoms with E-state index in [0.717, 1.165) is 24.2 Å². The standard InChI is InChI=1S/C17H22O3/c1-10-7-6-8-16(4,5)17(10)9-13-14(20-17)11(2)12(3)19-15(13)18/h7H,6,8-9H2,1-5H3/t17-/m1/s1. The third kappa shape index (κ3) is 1.55. The Kier molecular flexibility index (Phi) is 2.69. The van der Waals surface area contributed by atoms with Gasteiger partial charge in [0.05, 0.1) is 5.56 Å². The van der Waals surface area contributed by atoms with Crippen LogP contribution in [-0.4, -0.2) is 5.60 Å². The maximum atomic E-state index is 12.2. The van der Waals surface area contributed by atoms with Crippen LogP contribution in [0, 0.1) is 19.3 Å². The van der Waals surface area contributed by atoms with Crippen molar-refractivity contribution >= 4 is 0 Å². The molecule has 0 aromatic carbocycles. The molecule has 1 spiro atoms. The van der Waals surface area contributed by atoms with E-state index in [4.69, 9.17) is 9.15 Å². The van der Waals surface area contributed by atoms with Gasteiger partial charge >= 0.3 is 5.63 Å². The second-order valence-corrected chi connectivity index (χ2v) is 6.79. The molecule has 2 aliphatic rings. The molecular weight excluding hydrogens is 252 g/mol. The normalized spacial score (nSPS) is 27.1. The SMILES string of the molecule is CC1=CCCC(C)(C)[C@@]12Cc1c(c(C)c(C)oc1=O)O2. The number of hydrogen-bond donors (Lipinski definition) is 0. The summed E-state index contributed by atoms with van der Waals surface area (Å²) in [4.78, 5) is 12.2. The first kappa shape index (κ1) is 13.5. The van der Waals surface area contributed by atoms with Crippen LogP contribution < -0.4 is 10.4 Å². The molecule has 0 bridgehead atoms. The smallest absolute Gasteiger partial charge is 0.343 e. The minimum atomic E-state index is -0.388. The number of aryl methyl sites for hydroxylation is 1. The number of ether oxygens (including phenoxy) is 1. The fourth-order valence-corrected chi connectivity index (χ4v) is 3.65. The van der Waals surface area contributed by atoms with Crippen LogP contribution in [0.1, 0.15) is 50.5 Å². The minimum Gasteiger partial charge on any atom is -0.481 e. The molecule has 1 aromatic rings.